The number of carbonyl (C=O) groups excluding carboxylic acids is 3. The van der Waals surface area contributed by atoms with Crippen LogP contribution in [0.25, 0.3) is 10.4 Å². The average Bonchev–Trinajstić information content (AvgIpc) is 2.97. The maximum Gasteiger partial charge on any atom is 0.260 e. The van der Waals surface area contributed by atoms with Gasteiger partial charge in [-0.25, -0.2) is 13.1 Å². The molecule has 0 aromatic heterocycles. The van der Waals surface area contributed by atoms with E-state index >= 15 is 0 Å². The van der Waals surface area contributed by atoms with Crippen molar-refractivity contribution in [3.05, 3.63) is 87.8 Å². The van der Waals surface area contributed by atoms with Crippen molar-refractivity contribution >= 4 is 33.4 Å². The van der Waals surface area contributed by atoms with Crippen LogP contribution >= 0.6 is 0 Å². The van der Waals surface area contributed by atoms with Gasteiger partial charge >= 0.3 is 0 Å². The van der Waals surface area contributed by atoms with Crippen LogP contribution in [0.2, 0.25) is 0 Å². The number of amides is 3. The Labute approximate surface area is 279 Å². The van der Waals surface area contributed by atoms with E-state index in [0.717, 1.165) is 5.56 Å². The van der Waals surface area contributed by atoms with Gasteiger partial charge in [-0.15, -0.1) is 0 Å². The zero-order valence-electron chi connectivity index (χ0n) is 29.0. The summed E-state index contributed by atoms with van der Waals surface area (Å²) < 4.78 is 27.5. The number of hydrogen-bond acceptors (Lipinski definition) is 7. The van der Waals surface area contributed by atoms with Gasteiger partial charge in [0.2, 0.25) is 21.8 Å². The third-order valence-corrected chi connectivity index (χ3v) is 9.36. The SMILES string of the molecule is CNC(C(=O)NC(C(=O)N(C)C(/C=C(\C)C(=O)NS(=O)(=O)Cc1ccccc1)C(C)C)C(C)(C)C)C(C)(C)c1ccc(N=[N+]=[N-])cc1. The molecule has 0 radical (unpaired) electrons. The molecule has 0 aliphatic heterocycles. The molecular formula is C34H49N7O5S. The molecule has 0 aliphatic rings. The van der Waals surface area contributed by atoms with E-state index in [1.54, 1.807) is 74.8 Å². The fourth-order valence-corrected chi connectivity index (χ4v) is 6.50. The first-order valence-corrected chi connectivity index (χ1v) is 17.1. The van der Waals surface area contributed by atoms with Crippen molar-refractivity contribution in [2.24, 2.45) is 16.4 Å². The Morgan fingerprint density at radius 1 is 0.979 bits per heavy atom. The fraction of sp³-hybridized carbons (Fsp3) is 0.500. The molecule has 0 saturated heterocycles. The van der Waals surface area contributed by atoms with Crippen LogP contribution in [0.15, 0.2) is 71.4 Å². The largest absolute Gasteiger partial charge is 0.342 e. The number of nitrogens with zero attached hydrogens (tertiary/aromatic N) is 4. The molecule has 3 unspecified atom stereocenters. The number of azide groups is 1. The molecule has 3 N–H and O–H groups in total. The Bertz CT molecular complexity index is 1590. The first-order chi connectivity index (χ1) is 21.7. The van der Waals surface area contributed by atoms with Gasteiger partial charge in [-0.05, 0) is 42.0 Å². The van der Waals surface area contributed by atoms with Crippen LogP contribution in [0.1, 0.15) is 66.5 Å². The Kier molecular flexibility index (Phi) is 13.3. The van der Waals surface area contributed by atoms with Gasteiger partial charge < -0.3 is 15.5 Å². The molecule has 0 spiro atoms. The monoisotopic (exact) mass is 667 g/mol. The van der Waals surface area contributed by atoms with Crippen LogP contribution in [0.3, 0.4) is 0 Å². The quantitative estimate of drug-likeness (QED) is 0.109. The van der Waals surface area contributed by atoms with Crippen LogP contribution in [0.5, 0.6) is 0 Å². The van der Waals surface area contributed by atoms with Crippen LogP contribution in [0.4, 0.5) is 5.69 Å². The summed E-state index contributed by atoms with van der Waals surface area (Å²) in [5.74, 6) is -2.02. The lowest BCUT2D eigenvalue weighted by Crippen LogP contribution is -2.61. The van der Waals surface area contributed by atoms with E-state index in [0.29, 0.717) is 11.3 Å². The second kappa shape index (κ2) is 16.1. The number of likely N-dealkylation sites (N-methyl/N-ethyl adjacent to an activating group) is 2. The minimum Gasteiger partial charge on any atom is -0.342 e. The van der Waals surface area contributed by atoms with Crippen molar-refractivity contribution in [2.45, 2.75) is 84.7 Å². The van der Waals surface area contributed by atoms with Crippen LogP contribution in [-0.4, -0.2) is 63.3 Å². The molecule has 0 fully saturated rings. The number of hydrogen-bond donors (Lipinski definition) is 3. The Hall–Kier alpha value is -4.19. The standard InChI is InChI=1S/C34H49N7O5S/c1-22(2)27(20-23(3)30(42)39-47(45,46)21-24-14-12-11-13-15-24)41(10)32(44)29(33(4,5)6)37-31(43)28(36-9)34(7,8)25-16-18-26(19-17-25)38-40-35/h11-20,22,27-29,36H,21H2,1-10H3,(H,37,43)(H,39,42)/b23-20+. The molecule has 13 heteroatoms. The van der Waals surface area contributed by atoms with E-state index < -0.39 is 44.9 Å². The zero-order valence-corrected chi connectivity index (χ0v) is 29.8. The molecule has 2 aromatic rings. The summed E-state index contributed by atoms with van der Waals surface area (Å²) in [6, 6.07) is 13.2. The first kappa shape index (κ1) is 39.0. The van der Waals surface area contributed by atoms with Crippen molar-refractivity contribution in [3.63, 3.8) is 0 Å². The maximum absolute atomic E-state index is 14.1. The molecule has 3 amide bonds. The smallest absolute Gasteiger partial charge is 0.260 e. The lowest BCUT2D eigenvalue weighted by Gasteiger charge is -2.40. The van der Waals surface area contributed by atoms with Crippen LogP contribution in [0, 0.1) is 11.3 Å². The number of sulfonamides is 1. The molecule has 12 nitrogen and oxygen atoms in total. The molecule has 0 saturated carbocycles. The molecule has 3 atom stereocenters. The van der Waals surface area contributed by atoms with Gasteiger partial charge in [0, 0.05) is 28.6 Å². The van der Waals surface area contributed by atoms with Crippen LogP contribution in [-0.2, 0) is 35.6 Å². The maximum atomic E-state index is 14.1. The molecular weight excluding hydrogens is 618 g/mol. The molecule has 47 heavy (non-hydrogen) atoms. The van der Waals surface area contributed by atoms with E-state index in [4.69, 9.17) is 5.53 Å². The van der Waals surface area contributed by atoms with E-state index in [1.165, 1.54) is 11.8 Å². The van der Waals surface area contributed by atoms with Gasteiger partial charge in [0.1, 0.15) is 6.04 Å². The van der Waals surface area contributed by atoms with Gasteiger partial charge in [0.25, 0.3) is 5.91 Å². The summed E-state index contributed by atoms with van der Waals surface area (Å²) >= 11 is 0. The second-order valence-corrected chi connectivity index (χ2v) is 15.4. The molecule has 2 rings (SSSR count). The van der Waals surface area contributed by atoms with Crippen molar-refractivity contribution < 1.29 is 22.8 Å². The van der Waals surface area contributed by atoms with Crippen LogP contribution < -0.4 is 15.4 Å². The Morgan fingerprint density at radius 3 is 2.04 bits per heavy atom. The highest BCUT2D eigenvalue weighted by Gasteiger charge is 2.41. The number of benzene rings is 2. The Morgan fingerprint density at radius 2 is 1.55 bits per heavy atom. The molecule has 0 heterocycles. The van der Waals surface area contributed by atoms with Gasteiger partial charge in [-0.2, -0.15) is 0 Å². The average molecular weight is 668 g/mol. The lowest BCUT2D eigenvalue weighted by molar-refractivity contribution is -0.140. The van der Waals surface area contributed by atoms with E-state index in [1.807, 2.05) is 48.5 Å². The molecule has 0 aliphatic carbocycles. The minimum absolute atomic E-state index is 0.139. The van der Waals surface area contributed by atoms with Gasteiger partial charge in [0.15, 0.2) is 0 Å². The van der Waals surface area contributed by atoms with Crippen molar-refractivity contribution in [2.75, 3.05) is 14.1 Å². The summed E-state index contributed by atoms with van der Waals surface area (Å²) in [6.07, 6.45) is 1.58. The summed E-state index contributed by atoms with van der Waals surface area (Å²) in [4.78, 5) is 45.2. The molecule has 2 aromatic carbocycles. The zero-order chi connectivity index (χ0) is 35.7. The van der Waals surface area contributed by atoms with Gasteiger partial charge in [-0.3, -0.25) is 14.4 Å². The van der Waals surface area contributed by atoms with E-state index in [2.05, 4.69) is 25.4 Å². The highest BCUT2D eigenvalue weighted by atomic mass is 32.2. The molecule has 256 valence electrons. The number of rotatable bonds is 14. The predicted octanol–water partition coefficient (Wildman–Crippen LogP) is 5.10. The van der Waals surface area contributed by atoms with Gasteiger partial charge in [-0.1, -0.05) is 114 Å². The van der Waals surface area contributed by atoms with E-state index in [9.17, 15) is 22.8 Å². The van der Waals surface area contributed by atoms with Gasteiger partial charge in [0.05, 0.1) is 17.8 Å². The summed E-state index contributed by atoms with van der Waals surface area (Å²) in [5, 5.41) is 9.69. The van der Waals surface area contributed by atoms with E-state index in [-0.39, 0.29) is 29.1 Å². The molecule has 0 bridgehead atoms. The normalized spacial score (nSPS) is 14.4. The Balaban J connectivity index is 2.31. The van der Waals surface area contributed by atoms with Crippen molar-refractivity contribution in [3.8, 4) is 0 Å². The topological polar surface area (TPSA) is 173 Å². The lowest BCUT2D eigenvalue weighted by atomic mass is 9.76. The predicted molar refractivity (Wildman–Crippen MR) is 185 cm³/mol. The first-order valence-electron chi connectivity index (χ1n) is 15.4. The number of nitrogens with one attached hydrogen (secondary N) is 3. The second-order valence-electron chi connectivity index (χ2n) is 13.7. The summed E-state index contributed by atoms with van der Waals surface area (Å²) in [6.45, 7) is 14.7. The third kappa shape index (κ3) is 10.7. The van der Waals surface area contributed by atoms with Crippen molar-refractivity contribution in [1.82, 2.24) is 20.3 Å². The highest BCUT2D eigenvalue weighted by Crippen LogP contribution is 2.30. The summed E-state index contributed by atoms with van der Waals surface area (Å²) in [5.41, 5.74) is 9.27. The van der Waals surface area contributed by atoms with Crippen molar-refractivity contribution in [1.29, 1.82) is 0 Å². The number of carbonyl (C=O) groups is 3. The third-order valence-electron chi connectivity index (χ3n) is 8.15. The highest BCUT2D eigenvalue weighted by molar-refractivity contribution is 7.89. The summed E-state index contributed by atoms with van der Waals surface area (Å²) in [7, 11) is -0.677. The fourth-order valence-electron chi connectivity index (χ4n) is 5.36. The minimum atomic E-state index is -3.96.